The summed E-state index contributed by atoms with van der Waals surface area (Å²) in [5.41, 5.74) is 3.90. The average Bonchev–Trinajstić information content (AvgIpc) is 3.47. The summed E-state index contributed by atoms with van der Waals surface area (Å²) in [6.07, 6.45) is 5.22. The molecule has 3 aromatic carbocycles. The standard InChI is InChI=1S/C30H30ClN3O3/c1-3-8-21-13-14-27(28(17-21)36-2)37-16-7-15-33-26-12-5-4-11-25(26)32-30(33)22-18-29(35)34(20-22)24-10-6-9-23(31)19-24/h3-6,8-14,17,19,22H,7,15-16,18,20H2,1-2H3/b8-3+. The Labute approximate surface area is 222 Å². The van der Waals surface area contributed by atoms with Gasteiger partial charge in [-0.2, -0.15) is 0 Å². The lowest BCUT2D eigenvalue weighted by Gasteiger charge is -2.18. The minimum Gasteiger partial charge on any atom is -0.493 e. The molecule has 0 saturated carbocycles. The van der Waals surface area contributed by atoms with Crippen LogP contribution in [0.4, 0.5) is 5.69 Å². The van der Waals surface area contributed by atoms with Crippen LogP contribution >= 0.6 is 11.6 Å². The van der Waals surface area contributed by atoms with Crippen LogP contribution in [0.5, 0.6) is 11.5 Å². The number of para-hydroxylation sites is 2. The number of methoxy groups -OCH3 is 1. The highest BCUT2D eigenvalue weighted by Gasteiger charge is 2.34. The van der Waals surface area contributed by atoms with Crippen molar-refractivity contribution in [2.24, 2.45) is 0 Å². The molecule has 1 aliphatic rings. The van der Waals surface area contributed by atoms with Crippen LogP contribution in [-0.4, -0.2) is 35.7 Å². The van der Waals surface area contributed by atoms with Gasteiger partial charge < -0.3 is 18.9 Å². The maximum Gasteiger partial charge on any atom is 0.227 e. The first kappa shape index (κ1) is 24.9. The van der Waals surface area contributed by atoms with E-state index in [0.717, 1.165) is 52.6 Å². The van der Waals surface area contributed by atoms with Gasteiger partial charge in [-0.3, -0.25) is 4.79 Å². The van der Waals surface area contributed by atoms with E-state index in [1.165, 1.54) is 0 Å². The molecule has 1 saturated heterocycles. The van der Waals surface area contributed by atoms with Gasteiger partial charge in [-0.1, -0.05) is 48.0 Å². The summed E-state index contributed by atoms with van der Waals surface area (Å²) in [5, 5.41) is 0.620. The van der Waals surface area contributed by atoms with Gasteiger partial charge in [-0.25, -0.2) is 4.98 Å². The second kappa shape index (κ2) is 11.1. The minimum atomic E-state index is -0.000872. The number of aryl methyl sites for hydroxylation is 1. The zero-order valence-electron chi connectivity index (χ0n) is 21.1. The van der Waals surface area contributed by atoms with Crippen molar-refractivity contribution in [2.75, 3.05) is 25.2 Å². The van der Waals surface area contributed by atoms with E-state index in [0.29, 0.717) is 24.6 Å². The molecule has 1 aliphatic heterocycles. The SMILES string of the molecule is C/C=C/c1ccc(OCCCn2c(C3CC(=O)N(c4cccc(Cl)c4)C3)nc3ccccc32)c(OC)c1. The lowest BCUT2D eigenvalue weighted by molar-refractivity contribution is -0.117. The molecule has 0 radical (unpaired) electrons. The third-order valence-electron chi connectivity index (χ3n) is 6.62. The molecule has 1 fully saturated rings. The van der Waals surface area contributed by atoms with Crippen molar-refractivity contribution in [1.29, 1.82) is 0 Å². The maximum absolute atomic E-state index is 12.9. The average molecular weight is 516 g/mol. The van der Waals surface area contributed by atoms with Gasteiger partial charge in [0.2, 0.25) is 5.91 Å². The number of carbonyl (C=O) groups excluding carboxylic acids is 1. The Morgan fingerprint density at radius 3 is 2.76 bits per heavy atom. The monoisotopic (exact) mass is 515 g/mol. The number of anilines is 1. The van der Waals surface area contributed by atoms with E-state index in [4.69, 9.17) is 26.1 Å². The third kappa shape index (κ3) is 5.35. The quantitative estimate of drug-likeness (QED) is 0.232. The first-order valence-electron chi connectivity index (χ1n) is 12.5. The number of allylic oxidation sites excluding steroid dienone is 1. The Morgan fingerprint density at radius 1 is 1.08 bits per heavy atom. The zero-order valence-corrected chi connectivity index (χ0v) is 21.8. The van der Waals surface area contributed by atoms with Crippen LogP contribution in [0.1, 0.15) is 37.1 Å². The maximum atomic E-state index is 12.9. The molecule has 6 nitrogen and oxygen atoms in total. The van der Waals surface area contributed by atoms with Gasteiger partial charge in [-0.15, -0.1) is 0 Å². The fraction of sp³-hybridized carbons (Fsp3) is 0.267. The van der Waals surface area contributed by atoms with Crippen molar-refractivity contribution in [3.05, 3.63) is 89.2 Å². The first-order chi connectivity index (χ1) is 18.1. The summed E-state index contributed by atoms with van der Waals surface area (Å²) < 4.78 is 13.8. The number of carbonyl (C=O) groups is 1. The lowest BCUT2D eigenvalue weighted by atomic mass is 10.1. The van der Waals surface area contributed by atoms with Crippen molar-refractivity contribution in [3.8, 4) is 11.5 Å². The molecule has 37 heavy (non-hydrogen) atoms. The molecule has 0 spiro atoms. The van der Waals surface area contributed by atoms with E-state index >= 15 is 0 Å². The largest absolute Gasteiger partial charge is 0.493 e. The summed E-state index contributed by atoms with van der Waals surface area (Å²) in [7, 11) is 1.65. The summed E-state index contributed by atoms with van der Waals surface area (Å²) in [6, 6.07) is 21.5. The fourth-order valence-corrected chi connectivity index (χ4v) is 5.10. The van der Waals surface area contributed by atoms with E-state index in [1.54, 1.807) is 7.11 Å². The molecule has 4 aromatic rings. The Morgan fingerprint density at radius 2 is 1.95 bits per heavy atom. The molecule has 190 valence electrons. The predicted molar refractivity (Wildman–Crippen MR) is 149 cm³/mol. The molecule has 1 amide bonds. The van der Waals surface area contributed by atoms with Crippen LogP contribution in [0.2, 0.25) is 5.02 Å². The van der Waals surface area contributed by atoms with E-state index in [-0.39, 0.29) is 11.8 Å². The molecule has 7 heteroatoms. The molecular formula is C30H30ClN3O3. The number of imidazole rings is 1. The van der Waals surface area contributed by atoms with Crippen molar-refractivity contribution < 1.29 is 14.3 Å². The number of ether oxygens (including phenoxy) is 2. The van der Waals surface area contributed by atoms with Crippen molar-refractivity contribution in [3.63, 3.8) is 0 Å². The minimum absolute atomic E-state index is 0.000872. The molecule has 1 atom stereocenters. The number of benzene rings is 3. The highest BCUT2D eigenvalue weighted by atomic mass is 35.5. The van der Waals surface area contributed by atoms with Gasteiger partial charge in [0.25, 0.3) is 0 Å². The number of aromatic nitrogens is 2. The summed E-state index contributed by atoms with van der Waals surface area (Å²) in [6.45, 7) is 3.83. The highest BCUT2D eigenvalue weighted by Crippen LogP contribution is 2.34. The molecule has 1 unspecified atom stereocenters. The molecule has 1 aromatic heterocycles. The van der Waals surface area contributed by atoms with Gasteiger partial charge >= 0.3 is 0 Å². The van der Waals surface area contributed by atoms with Gasteiger partial charge in [0.05, 0.1) is 24.8 Å². The van der Waals surface area contributed by atoms with Crippen LogP contribution < -0.4 is 14.4 Å². The second-order valence-electron chi connectivity index (χ2n) is 9.11. The molecule has 0 aliphatic carbocycles. The Kier molecular flexibility index (Phi) is 7.47. The van der Waals surface area contributed by atoms with Crippen LogP contribution in [0, 0.1) is 0 Å². The number of nitrogens with zero attached hydrogens (tertiary/aromatic N) is 3. The van der Waals surface area contributed by atoms with Crippen LogP contribution in [-0.2, 0) is 11.3 Å². The van der Waals surface area contributed by atoms with E-state index in [9.17, 15) is 4.79 Å². The lowest BCUT2D eigenvalue weighted by Crippen LogP contribution is -2.24. The summed E-state index contributed by atoms with van der Waals surface area (Å²) in [5.74, 6) is 2.47. The zero-order chi connectivity index (χ0) is 25.8. The van der Waals surface area contributed by atoms with Gasteiger partial charge in [0, 0.05) is 36.1 Å². The van der Waals surface area contributed by atoms with E-state index in [1.807, 2.05) is 84.6 Å². The molecule has 0 bridgehead atoms. The number of fused-ring (bicyclic) bond motifs is 1. The third-order valence-corrected chi connectivity index (χ3v) is 6.86. The molecular weight excluding hydrogens is 486 g/mol. The van der Waals surface area contributed by atoms with Crippen molar-refractivity contribution in [2.45, 2.75) is 32.2 Å². The van der Waals surface area contributed by atoms with Gasteiger partial charge in [0.15, 0.2) is 11.5 Å². The number of amides is 1. The topological polar surface area (TPSA) is 56.6 Å². The fourth-order valence-electron chi connectivity index (χ4n) is 4.92. The van der Waals surface area contributed by atoms with Crippen LogP contribution in [0.15, 0.2) is 72.8 Å². The van der Waals surface area contributed by atoms with Crippen LogP contribution in [0.3, 0.4) is 0 Å². The number of hydrogen-bond donors (Lipinski definition) is 0. The van der Waals surface area contributed by atoms with E-state index < -0.39 is 0 Å². The number of halogens is 1. The Hall–Kier alpha value is -3.77. The summed E-state index contributed by atoms with van der Waals surface area (Å²) >= 11 is 6.18. The summed E-state index contributed by atoms with van der Waals surface area (Å²) in [4.78, 5) is 19.7. The second-order valence-corrected chi connectivity index (χ2v) is 9.54. The Balaban J connectivity index is 1.32. The number of hydrogen-bond acceptors (Lipinski definition) is 4. The number of rotatable bonds is 9. The van der Waals surface area contributed by atoms with E-state index in [2.05, 4.69) is 10.6 Å². The predicted octanol–water partition coefficient (Wildman–Crippen LogP) is 6.72. The van der Waals surface area contributed by atoms with Gasteiger partial charge in [-0.05, 0) is 61.4 Å². The smallest absolute Gasteiger partial charge is 0.227 e. The van der Waals surface area contributed by atoms with Gasteiger partial charge in [0.1, 0.15) is 5.82 Å². The normalized spacial score (nSPS) is 15.7. The molecule has 5 rings (SSSR count). The van der Waals surface area contributed by atoms with Crippen LogP contribution in [0.25, 0.3) is 17.1 Å². The first-order valence-corrected chi connectivity index (χ1v) is 12.9. The van der Waals surface area contributed by atoms with Crippen molar-refractivity contribution in [1.82, 2.24) is 9.55 Å². The molecule has 0 N–H and O–H groups in total. The molecule has 2 heterocycles. The highest BCUT2D eigenvalue weighted by molar-refractivity contribution is 6.30. The van der Waals surface area contributed by atoms with Crippen molar-refractivity contribution >= 4 is 40.3 Å². The Bertz CT molecular complexity index is 1450.